The fourth-order valence-electron chi connectivity index (χ4n) is 10.3. The van der Waals surface area contributed by atoms with E-state index in [1.54, 1.807) is 59.5 Å². The van der Waals surface area contributed by atoms with Gasteiger partial charge in [-0.2, -0.15) is 4.98 Å². The van der Waals surface area contributed by atoms with Gasteiger partial charge >= 0.3 is 17.9 Å². The molecule has 10 rings (SSSR count). The van der Waals surface area contributed by atoms with E-state index < -0.39 is 103 Å². The van der Waals surface area contributed by atoms with Crippen molar-refractivity contribution in [2.45, 2.75) is 62.8 Å². The predicted octanol–water partition coefficient (Wildman–Crippen LogP) is 3.53. The lowest BCUT2D eigenvalue weighted by Gasteiger charge is -2.22. The number of hydrogen-bond donors (Lipinski definition) is 16. The van der Waals surface area contributed by atoms with Crippen LogP contribution in [0.3, 0.4) is 0 Å². The van der Waals surface area contributed by atoms with Gasteiger partial charge in [0.1, 0.15) is 41.3 Å². The number of hydrogen-bond acceptors (Lipinski definition) is 20. The second kappa shape index (κ2) is 29.4. The van der Waals surface area contributed by atoms with Crippen LogP contribution < -0.4 is 59.1 Å². The number of aliphatic carboxylic acids is 3. The number of nitrogens with two attached hydrogens (primary N) is 2. The van der Waals surface area contributed by atoms with Crippen LogP contribution in [0.4, 0.5) is 28.7 Å². The lowest BCUT2D eigenvalue weighted by atomic mass is 10.0. The third kappa shape index (κ3) is 16.4. The number of carboxylic acids is 3. The standard InChI is InChI=1S/C62H60N16O15S2/c63-39(27-66-49(80)14-13-42(60(90)91)73-54(84)29-5-7-32(8-6-29)65-25-35-26-67-53-52(69-35)58(88)77-62(64)76-53)55(85)74-44(23-51(82)83)57(87)75-46(61(92)93)28-95-94-18-16-50(81)68-33-9-11-40-30(19-33)21-43(71-40)56(86)70-34-10-12-41-31(20-34)22-45(72-41)59(89)78-17-15-37-36-3-1-2-4-38(36)48(79)24-47(37)78/h1-12,19-22,24,26,39,42,44,46,65,71-72,79H,13-18,23,25,27-28,63H2,(H,66,80)(H,68,81)(H,70,86)(H,73,84)(H,74,85)(H,75,87)(H,82,83)(H,90,91)(H,92,93)(H3,64,67,76,77,88). The highest BCUT2D eigenvalue weighted by Gasteiger charge is 2.32. The zero-order valence-corrected chi connectivity index (χ0v) is 51.4. The maximum atomic E-state index is 13.8. The van der Waals surface area contributed by atoms with Crippen LogP contribution in [0.2, 0.25) is 0 Å². The number of nitrogens with one attached hydrogen (secondary N) is 10. The lowest BCUT2D eigenvalue weighted by Crippen LogP contribution is -2.57. The first kappa shape index (κ1) is 66.3. The summed E-state index contributed by atoms with van der Waals surface area (Å²) in [5, 5.41) is 60.7. The number of rotatable bonds is 28. The van der Waals surface area contributed by atoms with Crippen LogP contribution in [-0.2, 0) is 46.5 Å². The Hall–Kier alpha value is -11.6. The van der Waals surface area contributed by atoms with E-state index in [0.29, 0.717) is 68.9 Å². The summed E-state index contributed by atoms with van der Waals surface area (Å²) >= 11 is 0. The molecule has 0 bridgehead atoms. The van der Waals surface area contributed by atoms with E-state index in [1.165, 1.54) is 30.5 Å². The third-order valence-corrected chi connectivity index (χ3v) is 17.5. The molecule has 18 N–H and O–H groups in total. The minimum atomic E-state index is -1.81. The topological polar surface area (TPSA) is 494 Å². The van der Waals surface area contributed by atoms with E-state index in [4.69, 9.17) is 11.5 Å². The zero-order chi connectivity index (χ0) is 67.6. The number of nitrogen functional groups attached to an aromatic ring is 1. The van der Waals surface area contributed by atoms with Crippen LogP contribution in [0.5, 0.6) is 5.75 Å². The summed E-state index contributed by atoms with van der Waals surface area (Å²) in [5.74, 6) is -9.45. The first-order valence-electron chi connectivity index (χ1n) is 29.2. The summed E-state index contributed by atoms with van der Waals surface area (Å²) in [7, 11) is 2.12. The van der Waals surface area contributed by atoms with Gasteiger partial charge in [0.25, 0.3) is 23.3 Å². The molecule has 4 atom stereocenters. The van der Waals surface area contributed by atoms with Crippen molar-refractivity contribution < 1.29 is 68.4 Å². The number of anilines is 5. The largest absolute Gasteiger partial charge is 0.507 e. The first-order valence-corrected chi connectivity index (χ1v) is 31.7. The summed E-state index contributed by atoms with van der Waals surface area (Å²) < 4.78 is 0. The third-order valence-electron chi connectivity index (χ3n) is 15.1. The molecule has 4 aromatic heterocycles. The molecule has 0 aliphatic carbocycles. The van der Waals surface area contributed by atoms with Gasteiger partial charge in [0, 0.05) is 93.3 Å². The van der Waals surface area contributed by atoms with Crippen LogP contribution in [0.15, 0.2) is 114 Å². The van der Waals surface area contributed by atoms with E-state index in [1.807, 2.05) is 24.3 Å². The molecule has 33 heteroatoms. The van der Waals surface area contributed by atoms with E-state index in [2.05, 4.69) is 67.1 Å². The molecule has 4 unspecified atom stereocenters. The molecule has 0 fully saturated rings. The fourth-order valence-corrected chi connectivity index (χ4v) is 12.4. The number of aromatic hydroxyl groups is 1. The van der Waals surface area contributed by atoms with Crippen molar-refractivity contribution in [2.75, 3.05) is 51.2 Å². The van der Waals surface area contributed by atoms with E-state index in [9.17, 15) is 73.2 Å². The number of phenolic OH excluding ortho intramolecular Hbond substituents is 1. The first-order chi connectivity index (χ1) is 45.5. The van der Waals surface area contributed by atoms with Gasteiger partial charge in [0.15, 0.2) is 11.2 Å². The Morgan fingerprint density at radius 2 is 1.34 bits per heavy atom. The Morgan fingerprint density at radius 3 is 2.04 bits per heavy atom. The number of benzene rings is 5. The van der Waals surface area contributed by atoms with Crippen molar-refractivity contribution in [1.82, 2.24) is 51.2 Å². The second-order valence-electron chi connectivity index (χ2n) is 21.8. The average Bonchev–Trinajstić information content (AvgIpc) is 1.61. The molecule has 0 spiro atoms. The molecule has 490 valence electrons. The van der Waals surface area contributed by atoms with Gasteiger partial charge in [-0.15, -0.1) is 0 Å². The van der Waals surface area contributed by atoms with Gasteiger partial charge in [-0.05, 0) is 96.6 Å². The van der Waals surface area contributed by atoms with Crippen molar-refractivity contribution in [3.05, 3.63) is 148 Å². The number of amides is 7. The van der Waals surface area contributed by atoms with Crippen molar-refractivity contribution >= 4 is 153 Å². The molecule has 0 saturated heterocycles. The molecule has 1 aliphatic heterocycles. The van der Waals surface area contributed by atoms with Crippen LogP contribution in [0, 0.1) is 0 Å². The number of carbonyl (C=O) groups is 10. The Balaban J connectivity index is 0.622. The molecule has 1 aliphatic rings. The minimum Gasteiger partial charge on any atom is -0.507 e. The zero-order valence-electron chi connectivity index (χ0n) is 49.8. The number of aromatic amines is 3. The predicted molar refractivity (Wildman–Crippen MR) is 353 cm³/mol. The van der Waals surface area contributed by atoms with Gasteiger partial charge in [-0.3, -0.25) is 48.1 Å². The summed E-state index contributed by atoms with van der Waals surface area (Å²) in [4.78, 5) is 163. The number of phenols is 1. The second-order valence-corrected chi connectivity index (χ2v) is 24.4. The van der Waals surface area contributed by atoms with Gasteiger partial charge in [0.2, 0.25) is 29.6 Å². The minimum absolute atomic E-state index is 0.00950. The molecule has 0 radical (unpaired) electrons. The summed E-state index contributed by atoms with van der Waals surface area (Å²) in [6.45, 7) is 0.0192. The highest BCUT2D eigenvalue weighted by molar-refractivity contribution is 8.76. The maximum absolute atomic E-state index is 13.8. The number of carbonyl (C=O) groups excluding carboxylic acids is 7. The Bertz CT molecular complexity index is 4600. The Labute approximate surface area is 543 Å². The lowest BCUT2D eigenvalue weighted by molar-refractivity contribution is -0.143. The summed E-state index contributed by atoms with van der Waals surface area (Å²) in [6.07, 6.45) is 0.189. The molecule has 95 heavy (non-hydrogen) atoms. The molecule has 0 saturated carbocycles. The Kier molecular flexibility index (Phi) is 20.5. The van der Waals surface area contributed by atoms with Crippen molar-refractivity contribution in [1.29, 1.82) is 0 Å². The quantitative estimate of drug-likeness (QED) is 0.0246. The number of H-pyrrole nitrogens is 3. The van der Waals surface area contributed by atoms with Crippen LogP contribution in [-0.4, -0.2) is 158 Å². The molecule has 5 aromatic carbocycles. The van der Waals surface area contributed by atoms with Crippen molar-refractivity contribution in [3.63, 3.8) is 0 Å². The SMILES string of the molecule is Nc1nc2ncc(CNc3ccc(C(=O)NC(CCC(=O)NCC(N)C(=O)NC(CC(=O)O)C(=O)NC(CSSCCC(=O)Nc4ccc5[nH]c(C(=O)Nc6ccc7[nH]c(C(=O)N8CCc9c8cc(O)c8ccccc98)cc7c6)cc5c4)C(=O)O)C(=O)O)cc3)nc2c(=O)[nH]1. The normalized spacial score (nSPS) is 13.1. The molecule has 31 nitrogen and oxygen atoms in total. The summed E-state index contributed by atoms with van der Waals surface area (Å²) in [5.41, 5.74) is 16.4. The molecule has 9 aromatic rings. The van der Waals surface area contributed by atoms with Crippen LogP contribution >= 0.6 is 21.6 Å². The number of fused-ring (bicyclic) bond motifs is 6. The average molecular weight is 1330 g/mol. The van der Waals surface area contributed by atoms with Crippen LogP contribution in [0.1, 0.15) is 68.3 Å². The molecule has 5 heterocycles. The highest BCUT2D eigenvalue weighted by atomic mass is 33.1. The van der Waals surface area contributed by atoms with E-state index in [-0.39, 0.29) is 70.4 Å². The van der Waals surface area contributed by atoms with Gasteiger partial charge in [0.05, 0.1) is 30.5 Å². The van der Waals surface area contributed by atoms with E-state index >= 15 is 0 Å². The summed E-state index contributed by atoms with van der Waals surface area (Å²) in [6, 6.07) is 22.1. The number of carboxylic acid groups (broad SMARTS) is 3. The monoisotopic (exact) mass is 1330 g/mol. The molecule has 7 amide bonds. The molecular weight excluding hydrogens is 1270 g/mol. The Morgan fingerprint density at radius 1 is 0.674 bits per heavy atom. The van der Waals surface area contributed by atoms with Gasteiger partial charge < -0.3 is 84.0 Å². The van der Waals surface area contributed by atoms with Gasteiger partial charge in [-0.25, -0.2) is 19.6 Å². The number of aromatic nitrogens is 6. The van der Waals surface area contributed by atoms with Crippen molar-refractivity contribution in [3.8, 4) is 5.75 Å². The van der Waals surface area contributed by atoms with E-state index in [0.717, 1.165) is 37.9 Å². The smallest absolute Gasteiger partial charge is 0.327 e. The van der Waals surface area contributed by atoms with Crippen molar-refractivity contribution in [2.24, 2.45) is 5.73 Å². The fraction of sp³-hybridized carbons (Fsp3) is 0.226. The molecular formula is C62H60N16O15S2. The highest BCUT2D eigenvalue weighted by Crippen LogP contribution is 2.40. The number of nitrogens with zero attached hydrogens (tertiary/aromatic N) is 4. The maximum Gasteiger partial charge on any atom is 0.327 e. The van der Waals surface area contributed by atoms with Crippen LogP contribution in [0.25, 0.3) is 43.7 Å². The van der Waals surface area contributed by atoms with Gasteiger partial charge in [-0.1, -0.05) is 45.9 Å².